The van der Waals surface area contributed by atoms with Gasteiger partial charge in [-0.3, -0.25) is 9.59 Å². The number of amides is 1. The van der Waals surface area contributed by atoms with Gasteiger partial charge in [0.2, 0.25) is 5.91 Å². The van der Waals surface area contributed by atoms with E-state index in [0.29, 0.717) is 12.8 Å². The van der Waals surface area contributed by atoms with Crippen LogP contribution in [0.15, 0.2) is 60.7 Å². The highest BCUT2D eigenvalue weighted by Crippen LogP contribution is 2.28. The van der Waals surface area contributed by atoms with E-state index in [1.54, 1.807) is 0 Å². The van der Waals surface area contributed by atoms with Crippen LogP contribution in [-0.2, 0) is 9.59 Å². The minimum atomic E-state index is -0.655. The molecule has 4 nitrogen and oxygen atoms in total. The maximum absolute atomic E-state index is 12.4. The number of hydrogen-bond donors (Lipinski definition) is 2. The SMILES string of the molecule is NC(=O)CC[C@H](N)C(=O)CC(c1ccccc1)c1ccccc1. The van der Waals surface area contributed by atoms with Gasteiger partial charge in [-0.05, 0) is 17.5 Å². The first-order valence-corrected chi connectivity index (χ1v) is 7.74. The normalized spacial score (nSPS) is 12.1. The van der Waals surface area contributed by atoms with Crippen molar-refractivity contribution in [1.29, 1.82) is 0 Å². The lowest BCUT2D eigenvalue weighted by Crippen LogP contribution is -2.33. The molecule has 0 aromatic heterocycles. The number of ketones is 1. The zero-order valence-electron chi connectivity index (χ0n) is 13.0. The molecule has 2 aromatic carbocycles. The topological polar surface area (TPSA) is 86.2 Å². The van der Waals surface area contributed by atoms with Crippen molar-refractivity contribution < 1.29 is 9.59 Å². The number of hydrogen-bond acceptors (Lipinski definition) is 3. The summed E-state index contributed by atoms with van der Waals surface area (Å²) in [5, 5.41) is 0. The maximum Gasteiger partial charge on any atom is 0.217 e. The van der Waals surface area contributed by atoms with Crippen LogP contribution in [0, 0.1) is 0 Å². The number of Topliss-reactive ketones (excluding diaryl/α,β-unsaturated/α-hetero) is 1. The Morgan fingerprint density at radius 1 is 0.870 bits per heavy atom. The van der Waals surface area contributed by atoms with Crippen molar-refractivity contribution >= 4 is 11.7 Å². The predicted molar refractivity (Wildman–Crippen MR) is 90.8 cm³/mol. The standard InChI is InChI=1S/C19H22N2O2/c20-17(11-12-19(21)23)18(22)13-16(14-7-3-1-4-8-14)15-9-5-2-6-10-15/h1-10,16-17H,11-13,20H2,(H2,21,23)/t17-/m0/s1. The van der Waals surface area contributed by atoms with Crippen molar-refractivity contribution in [1.82, 2.24) is 0 Å². The van der Waals surface area contributed by atoms with E-state index in [1.807, 2.05) is 60.7 Å². The fraction of sp³-hybridized carbons (Fsp3) is 0.263. The molecular weight excluding hydrogens is 288 g/mol. The molecule has 0 fully saturated rings. The molecule has 1 amide bonds. The van der Waals surface area contributed by atoms with Crippen LogP contribution in [0.25, 0.3) is 0 Å². The molecule has 2 aromatic rings. The Bertz CT molecular complexity index is 601. The highest BCUT2D eigenvalue weighted by molar-refractivity contribution is 5.85. The summed E-state index contributed by atoms with van der Waals surface area (Å²) in [5.41, 5.74) is 13.2. The molecule has 4 heteroatoms. The van der Waals surface area contributed by atoms with Crippen LogP contribution in [0.1, 0.15) is 36.3 Å². The maximum atomic E-state index is 12.4. The Morgan fingerprint density at radius 3 is 1.78 bits per heavy atom. The molecule has 0 heterocycles. The third-order valence-corrected chi connectivity index (χ3v) is 3.92. The van der Waals surface area contributed by atoms with Gasteiger partial charge in [-0.15, -0.1) is 0 Å². The van der Waals surface area contributed by atoms with Crippen LogP contribution in [0.4, 0.5) is 0 Å². The molecule has 0 saturated carbocycles. The first-order valence-electron chi connectivity index (χ1n) is 7.74. The number of carbonyl (C=O) groups excluding carboxylic acids is 2. The van der Waals surface area contributed by atoms with E-state index in [-0.39, 0.29) is 18.1 Å². The molecule has 120 valence electrons. The van der Waals surface area contributed by atoms with E-state index in [9.17, 15) is 9.59 Å². The summed E-state index contributed by atoms with van der Waals surface area (Å²) < 4.78 is 0. The zero-order chi connectivity index (χ0) is 16.7. The quantitative estimate of drug-likeness (QED) is 0.785. The van der Waals surface area contributed by atoms with Gasteiger partial charge in [-0.25, -0.2) is 0 Å². The van der Waals surface area contributed by atoms with Crippen LogP contribution >= 0.6 is 0 Å². The molecule has 2 rings (SSSR count). The van der Waals surface area contributed by atoms with E-state index >= 15 is 0 Å². The van der Waals surface area contributed by atoms with Gasteiger partial charge in [0.15, 0.2) is 0 Å². The van der Waals surface area contributed by atoms with E-state index < -0.39 is 11.9 Å². The zero-order valence-corrected chi connectivity index (χ0v) is 13.0. The van der Waals surface area contributed by atoms with Gasteiger partial charge in [-0.2, -0.15) is 0 Å². The fourth-order valence-electron chi connectivity index (χ4n) is 2.61. The lowest BCUT2D eigenvalue weighted by atomic mass is 9.85. The van der Waals surface area contributed by atoms with Gasteiger partial charge in [0, 0.05) is 18.8 Å². The highest BCUT2D eigenvalue weighted by Gasteiger charge is 2.22. The molecule has 1 atom stereocenters. The van der Waals surface area contributed by atoms with Crippen LogP contribution in [0.2, 0.25) is 0 Å². The summed E-state index contributed by atoms with van der Waals surface area (Å²) in [6, 6.07) is 19.1. The second-order valence-electron chi connectivity index (χ2n) is 5.66. The van der Waals surface area contributed by atoms with Crippen molar-refractivity contribution in [2.75, 3.05) is 0 Å². The van der Waals surface area contributed by atoms with Crippen molar-refractivity contribution in [2.45, 2.75) is 31.2 Å². The second-order valence-corrected chi connectivity index (χ2v) is 5.66. The third-order valence-electron chi connectivity index (χ3n) is 3.92. The summed E-state index contributed by atoms with van der Waals surface area (Å²) in [6.07, 6.45) is 0.743. The van der Waals surface area contributed by atoms with Gasteiger partial charge >= 0.3 is 0 Å². The number of rotatable bonds is 8. The van der Waals surface area contributed by atoms with Crippen molar-refractivity contribution in [2.24, 2.45) is 11.5 Å². The van der Waals surface area contributed by atoms with Crippen LogP contribution < -0.4 is 11.5 Å². The fourth-order valence-corrected chi connectivity index (χ4v) is 2.61. The summed E-state index contributed by atoms with van der Waals surface area (Å²) in [4.78, 5) is 23.3. The summed E-state index contributed by atoms with van der Waals surface area (Å²) in [6.45, 7) is 0. The molecule has 23 heavy (non-hydrogen) atoms. The minimum absolute atomic E-state index is 0.0375. The summed E-state index contributed by atoms with van der Waals surface area (Å²) in [7, 11) is 0. The Labute approximate surface area is 136 Å². The second kappa shape index (κ2) is 8.25. The van der Waals surface area contributed by atoms with Gasteiger partial charge < -0.3 is 11.5 Å². The smallest absolute Gasteiger partial charge is 0.217 e. The minimum Gasteiger partial charge on any atom is -0.370 e. The first kappa shape index (κ1) is 16.9. The molecule has 0 bridgehead atoms. The van der Waals surface area contributed by atoms with Gasteiger partial charge in [0.05, 0.1) is 6.04 Å². The van der Waals surface area contributed by atoms with Gasteiger partial charge in [-0.1, -0.05) is 60.7 Å². The van der Waals surface area contributed by atoms with Crippen LogP contribution in [0.3, 0.4) is 0 Å². The van der Waals surface area contributed by atoms with E-state index in [1.165, 1.54) is 0 Å². The lowest BCUT2D eigenvalue weighted by Gasteiger charge is -2.19. The Balaban J connectivity index is 2.15. The Kier molecular flexibility index (Phi) is 6.06. The molecule has 0 spiro atoms. The van der Waals surface area contributed by atoms with E-state index in [2.05, 4.69) is 0 Å². The Hall–Kier alpha value is -2.46. The van der Waals surface area contributed by atoms with Gasteiger partial charge in [0.1, 0.15) is 5.78 Å². The molecule has 0 unspecified atom stereocenters. The highest BCUT2D eigenvalue weighted by atomic mass is 16.1. The average Bonchev–Trinajstić information content (AvgIpc) is 2.58. The molecule has 0 saturated heterocycles. The van der Waals surface area contributed by atoms with Crippen molar-refractivity contribution in [3.63, 3.8) is 0 Å². The molecule has 0 radical (unpaired) electrons. The third kappa shape index (κ3) is 5.04. The van der Waals surface area contributed by atoms with Crippen molar-refractivity contribution in [3.8, 4) is 0 Å². The molecule has 0 aliphatic rings. The summed E-state index contributed by atoms with van der Waals surface area (Å²) in [5.74, 6) is -0.524. The first-order chi connectivity index (χ1) is 11.1. The average molecular weight is 310 g/mol. The van der Waals surface area contributed by atoms with Crippen LogP contribution in [0.5, 0.6) is 0 Å². The summed E-state index contributed by atoms with van der Waals surface area (Å²) >= 11 is 0. The van der Waals surface area contributed by atoms with E-state index in [4.69, 9.17) is 11.5 Å². The number of carbonyl (C=O) groups is 2. The molecule has 4 N–H and O–H groups in total. The largest absolute Gasteiger partial charge is 0.370 e. The lowest BCUT2D eigenvalue weighted by molar-refractivity contribution is -0.121. The van der Waals surface area contributed by atoms with Crippen molar-refractivity contribution in [3.05, 3.63) is 71.8 Å². The van der Waals surface area contributed by atoms with Gasteiger partial charge in [0.25, 0.3) is 0 Å². The number of nitrogens with two attached hydrogens (primary N) is 2. The number of primary amides is 1. The molecule has 0 aliphatic heterocycles. The monoisotopic (exact) mass is 310 g/mol. The van der Waals surface area contributed by atoms with Crippen LogP contribution in [-0.4, -0.2) is 17.7 Å². The predicted octanol–water partition coefficient (Wildman–Crippen LogP) is 2.37. The Morgan fingerprint density at radius 2 is 1.35 bits per heavy atom. The number of benzene rings is 2. The van der Waals surface area contributed by atoms with E-state index in [0.717, 1.165) is 11.1 Å². The molecule has 0 aliphatic carbocycles. The molecular formula is C19H22N2O2.